The average Bonchev–Trinajstić information content (AvgIpc) is 2.43. The Labute approximate surface area is 77.7 Å². The van der Waals surface area contributed by atoms with E-state index in [-0.39, 0.29) is 0 Å². The molecule has 0 amide bonds. The van der Waals surface area contributed by atoms with Crippen molar-refractivity contribution in [1.29, 1.82) is 0 Å². The minimum Gasteiger partial charge on any atom is -0.408 e. The molecule has 0 aromatic carbocycles. The summed E-state index contributed by atoms with van der Waals surface area (Å²) in [5, 5.41) is 0. The molecule has 2 rings (SSSR count). The van der Waals surface area contributed by atoms with Crippen molar-refractivity contribution in [2.24, 2.45) is 0 Å². The lowest BCUT2D eigenvalue weighted by molar-refractivity contribution is 0.549. The summed E-state index contributed by atoms with van der Waals surface area (Å²) in [6, 6.07) is 0.680. The number of hydrogen-bond donors (Lipinski definition) is 1. The lowest BCUT2D eigenvalue weighted by Gasteiger charge is -2.16. The van der Waals surface area contributed by atoms with E-state index >= 15 is 0 Å². The van der Waals surface area contributed by atoms with E-state index in [1.807, 2.05) is 0 Å². The molecule has 0 atom stereocenters. The highest BCUT2D eigenvalue weighted by atomic mass is 16.4. The summed E-state index contributed by atoms with van der Waals surface area (Å²) in [5.41, 5.74) is 5.47. The molecule has 0 unspecified atom stereocenters. The fourth-order valence-electron chi connectivity index (χ4n) is 1.69. The lowest BCUT2D eigenvalue weighted by Crippen LogP contribution is -2.23. The van der Waals surface area contributed by atoms with Crippen LogP contribution in [0.2, 0.25) is 0 Å². The molecule has 1 aliphatic rings. The number of rotatable bonds is 1. The first-order chi connectivity index (χ1) is 6.36. The van der Waals surface area contributed by atoms with Crippen LogP contribution in [0.25, 0.3) is 0 Å². The van der Waals surface area contributed by atoms with Crippen molar-refractivity contribution in [3.8, 4) is 0 Å². The predicted molar refractivity (Wildman–Crippen MR) is 51.6 cm³/mol. The van der Waals surface area contributed by atoms with Gasteiger partial charge in [-0.2, -0.15) is 4.98 Å². The van der Waals surface area contributed by atoms with Crippen molar-refractivity contribution in [2.75, 3.05) is 23.7 Å². The maximum Gasteiger partial charge on any atom is 0.299 e. The minimum absolute atomic E-state index is 0.402. The predicted octanol–water partition coefficient (Wildman–Crippen LogP) is 1.64. The van der Waals surface area contributed by atoms with Crippen molar-refractivity contribution < 1.29 is 4.42 Å². The Morgan fingerprint density at radius 1 is 1.23 bits per heavy atom. The van der Waals surface area contributed by atoms with Crippen LogP contribution in [0.4, 0.5) is 11.9 Å². The number of nitrogen functional groups attached to an aromatic ring is 1. The van der Waals surface area contributed by atoms with Gasteiger partial charge < -0.3 is 15.1 Å². The molecule has 4 nitrogen and oxygen atoms in total. The highest BCUT2D eigenvalue weighted by molar-refractivity contribution is 5.32. The van der Waals surface area contributed by atoms with Crippen LogP contribution in [-0.4, -0.2) is 18.1 Å². The van der Waals surface area contributed by atoms with Crippen LogP contribution in [0.15, 0.2) is 10.6 Å². The van der Waals surface area contributed by atoms with Gasteiger partial charge in [0.15, 0.2) is 0 Å². The number of aromatic nitrogens is 1. The number of oxazole rings is 1. The van der Waals surface area contributed by atoms with Gasteiger partial charge in [0.25, 0.3) is 6.01 Å². The van der Waals surface area contributed by atoms with Crippen LogP contribution in [0.5, 0.6) is 0 Å². The zero-order valence-electron chi connectivity index (χ0n) is 7.70. The standard InChI is InChI=1S/C9H15N3O/c10-8-7-11-9(13-8)12-5-3-1-2-4-6-12/h7H,1-6,10H2. The summed E-state index contributed by atoms with van der Waals surface area (Å²) in [6.07, 6.45) is 6.64. The van der Waals surface area contributed by atoms with Crippen molar-refractivity contribution in [3.63, 3.8) is 0 Å². The zero-order chi connectivity index (χ0) is 9.10. The summed E-state index contributed by atoms with van der Waals surface area (Å²) in [5.74, 6) is 0.402. The average molecular weight is 181 g/mol. The van der Waals surface area contributed by atoms with Gasteiger partial charge in [0.2, 0.25) is 5.88 Å². The van der Waals surface area contributed by atoms with E-state index < -0.39 is 0 Å². The molecule has 0 aliphatic carbocycles. The van der Waals surface area contributed by atoms with Crippen LogP contribution < -0.4 is 10.6 Å². The third-order valence-corrected chi connectivity index (χ3v) is 2.39. The van der Waals surface area contributed by atoms with Crippen LogP contribution in [-0.2, 0) is 0 Å². The molecular formula is C9H15N3O. The van der Waals surface area contributed by atoms with E-state index in [9.17, 15) is 0 Å². The summed E-state index contributed by atoms with van der Waals surface area (Å²) in [6.45, 7) is 2.08. The van der Waals surface area contributed by atoms with Crippen LogP contribution in [0, 0.1) is 0 Å². The maximum atomic E-state index is 5.47. The second-order valence-electron chi connectivity index (χ2n) is 3.45. The number of anilines is 2. The Kier molecular flexibility index (Phi) is 2.38. The second kappa shape index (κ2) is 3.68. The first-order valence-electron chi connectivity index (χ1n) is 4.82. The molecule has 1 saturated heterocycles. The monoisotopic (exact) mass is 181 g/mol. The third kappa shape index (κ3) is 1.94. The highest BCUT2D eigenvalue weighted by Gasteiger charge is 2.13. The maximum absolute atomic E-state index is 5.47. The molecule has 72 valence electrons. The van der Waals surface area contributed by atoms with E-state index in [1.54, 1.807) is 6.20 Å². The summed E-state index contributed by atoms with van der Waals surface area (Å²) in [4.78, 5) is 6.29. The van der Waals surface area contributed by atoms with E-state index in [0.29, 0.717) is 11.9 Å². The Balaban J connectivity index is 2.06. The molecule has 1 aromatic rings. The number of hydrogen-bond acceptors (Lipinski definition) is 4. The van der Waals surface area contributed by atoms with Crippen LogP contribution >= 0.6 is 0 Å². The Morgan fingerprint density at radius 3 is 2.46 bits per heavy atom. The molecular weight excluding hydrogens is 166 g/mol. The fraction of sp³-hybridized carbons (Fsp3) is 0.667. The lowest BCUT2D eigenvalue weighted by atomic mass is 10.2. The van der Waals surface area contributed by atoms with Gasteiger partial charge in [0, 0.05) is 13.1 Å². The Morgan fingerprint density at radius 2 is 1.92 bits per heavy atom. The molecule has 2 N–H and O–H groups in total. The quantitative estimate of drug-likeness (QED) is 0.715. The molecule has 2 heterocycles. The van der Waals surface area contributed by atoms with Crippen LogP contribution in [0.3, 0.4) is 0 Å². The second-order valence-corrected chi connectivity index (χ2v) is 3.45. The summed E-state index contributed by atoms with van der Waals surface area (Å²) < 4.78 is 5.27. The van der Waals surface area contributed by atoms with Gasteiger partial charge in [0.1, 0.15) is 0 Å². The van der Waals surface area contributed by atoms with E-state index in [1.165, 1.54) is 25.7 Å². The molecule has 0 spiro atoms. The van der Waals surface area contributed by atoms with Gasteiger partial charge in [-0.3, -0.25) is 0 Å². The molecule has 13 heavy (non-hydrogen) atoms. The van der Waals surface area contributed by atoms with E-state index in [4.69, 9.17) is 10.2 Å². The molecule has 1 aliphatic heterocycles. The van der Waals surface area contributed by atoms with Gasteiger partial charge in [-0.05, 0) is 12.8 Å². The highest BCUT2D eigenvalue weighted by Crippen LogP contribution is 2.19. The van der Waals surface area contributed by atoms with E-state index in [2.05, 4.69) is 9.88 Å². The summed E-state index contributed by atoms with van der Waals surface area (Å²) in [7, 11) is 0. The molecule has 4 heteroatoms. The van der Waals surface area contributed by atoms with Crippen molar-refractivity contribution in [2.45, 2.75) is 25.7 Å². The Bertz CT molecular complexity index is 264. The van der Waals surface area contributed by atoms with Gasteiger partial charge >= 0.3 is 0 Å². The van der Waals surface area contributed by atoms with Gasteiger partial charge in [-0.25, -0.2) is 0 Å². The largest absolute Gasteiger partial charge is 0.408 e. The zero-order valence-corrected chi connectivity index (χ0v) is 7.70. The summed E-state index contributed by atoms with van der Waals surface area (Å²) >= 11 is 0. The molecule has 0 saturated carbocycles. The van der Waals surface area contributed by atoms with Crippen molar-refractivity contribution in [1.82, 2.24) is 4.98 Å². The fourth-order valence-corrected chi connectivity index (χ4v) is 1.69. The smallest absolute Gasteiger partial charge is 0.299 e. The third-order valence-electron chi connectivity index (χ3n) is 2.39. The van der Waals surface area contributed by atoms with E-state index in [0.717, 1.165) is 13.1 Å². The molecule has 0 bridgehead atoms. The molecule has 1 fully saturated rings. The topological polar surface area (TPSA) is 55.3 Å². The first-order valence-corrected chi connectivity index (χ1v) is 4.82. The van der Waals surface area contributed by atoms with Gasteiger partial charge in [-0.15, -0.1) is 0 Å². The molecule has 1 aromatic heterocycles. The Hall–Kier alpha value is -1.19. The van der Waals surface area contributed by atoms with Gasteiger partial charge in [-0.1, -0.05) is 12.8 Å². The number of nitrogens with two attached hydrogens (primary N) is 1. The van der Waals surface area contributed by atoms with Crippen molar-refractivity contribution >= 4 is 11.9 Å². The first kappa shape index (κ1) is 8.41. The van der Waals surface area contributed by atoms with Gasteiger partial charge in [0.05, 0.1) is 6.20 Å². The SMILES string of the molecule is Nc1cnc(N2CCCCCC2)o1. The van der Waals surface area contributed by atoms with Crippen LogP contribution in [0.1, 0.15) is 25.7 Å². The molecule has 0 radical (unpaired) electrons. The number of nitrogens with zero attached hydrogens (tertiary/aromatic N) is 2. The normalized spacial score (nSPS) is 18.6. The van der Waals surface area contributed by atoms with Crippen molar-refractivity contribution in [3.05, 3.63) is 6.20 Å². The minimum atomic E-state index is 0.402.